The molecule has 3 N–H and O–H groups in total. The molecule has 0 unspecified atom stereocenters. The van der Waals surface area contributed by atoms with Crippen molar-refractivity contribution in [2.75, 3.05) is 5.73 Å². The van der Waals surface area contributed by atoms with Gasteiger partial charge in [-0.05, 0) is 36.4 Å². The summed E-state index contributed by atoms with van der Waals surface area (Å²) in [7, 11) is 0. The summed E-state index contributed by atoms with van der Waals surface area (Å²) in [5.41, 5.74) is 8.44. The van der Waals surface area contributed by atoms with Crippen molar-refractivity contribution in [3.63, 3.8) is 0 Å². The fourth-order valence-electron chi connectivity index (χ4n) is 2.01. The van der Waals surface area contributed by atoms with Gasteiger partial charge in [0.1, 0.15) is 18.2 Å². The van der Waals surface area contributed by atoms with Gasteiger partial charge in [-0.3, -0.25) is 0 Å². The van der Waals surface area contributed by atoms with E-state index in [1.807, 2.05) is 24.3 Å². The summed E-state index contributed by atoms with van der Waals surface area (Å²) in [5.74, 6) is 0.360. The van der Waals surface area contributed by atoms with Crippen LogP contribution >= 0.6 is 0 Å². The summed E-state index contributed by atoms with van der Waals surface area (Å²) in [6.45, 7) is 0.389. The molecule has 0 saturated carbocycles. The Kier molecular flexibility index (Phi) is 2.83. The van der Waals surface area contributed by atoms with Crippen LogP contribution in [0.15, 0.2) is 48.5 Å². The number of hydrogen-bond donors (Lipinski definition) is 2. The lowest BCUT2D eigenvalue weighted by molar-refractivity contribution is 0.302. The maximum absolute atomic E-state index is 12.8. The highest BCUT2D eigenvalue weighted by Crippen LogP contribution is 2.22. The largest absolute Gasteiger partial charge is 0.487 e. The lowest BCUT2D eigenvalue weighted by atomic mass is 10.2. The van der Waals surface area contributed by atoms with Crippen LogP contribution in [-0.2, 0) is 6.61 Å². The van der Waals surface area contributed by atoms with E-state index in [-0.39, 0.29) is 5.82 Å². The second kappa shape index (κ2) is 4.65. The fraction of sp³-hybridized carbons (Fsp3) is 0.0667. The molecule has 4 heteroatoms. The number of aromatic amines is 1. The van der Waals surface area contributed by atoms with Gasteiger partial charge in [0.05, 0.1) is 16.9 Å². The molecule has 0 aliphatic rings. The lowest BCUT2D eigenvalue weighted by Gasteiger charge is -2.04. The zero-order valence-electron chi connectivity index (χ0n) is 10.2. The molecule has 3 aromatic rings. The van der Waals surface area contributed by atoms with Gasteiger partial charge in [-0.1, -0.05) is 12.1 Å². The molecule has 0 amide bonds. The third-order valence-electron chi connectivity index (χ3n) is 2.95. The van der Waals surface area contributed by atoms with E-state index < -0.39 is 0 Å². The van der Waals surface area contributed by atoms with Crippen molar-refractivity contribution in [1.29, 1.82) is 0 Å². The van der Waals surface area contributed by atoms with Crippen molar-refractivity contribution in [3.05, 3.63) is 60.0 Å². The SMILES string of the molecule is Nc1cccc2cc(COc3ccc(F)cc3)[nH]c12. The molecule has 96 valence electrons. The third kappa shape index (κ3) is 2.38. The van der Waals surface area contributed by atoms with E-state index in [1.165, 1.54) is 12.1 Å². The molecule has 0 saturated heterocycles. The molecule has 3 nitrogen and oxygen atoms in total. The van der Waals surface area contributed by atoms with Gasteiger partial charge in [0, 0.05) is 5.39 Å². The van der Waals surface area contributed by atoms with Gasteiger partial charge in [-0.15, -0.1) is 0 Å². The predicted molar refractivity (Wildman–Crippen MR) is 73.4 cm³/mol. The van der Waals surface area contributed by atoms with Crippen molar-refractivity contribution in [2.45, 2.75) is 6.61 Å². The van der Waals surface area contributed by atoms with E-state index in [9.17, 15) is 4.39 Å². The molecule has 0 atom stereocenters. The first-order valence-electron chi connectivity index (χ1n) is 5.97. The Morgan fingerprint density at radius 3 is 2.63 bits per heavy atom. The van der Waals surface area contributed by atoms with Crippen molar-refractivity contribution >= 4 is 16.6 Å². The first-order chi connectivity index (χ1) is 9.22. The number of fused-ring (bicyclic) bond motifs is 1. The first kappa shape index (κ1) is 11.6. The molecular weight excluding hydrogens is 243 g/mol. The highest BCUT2D eigenvalue weighted by molar-refractivity contribution is 5.90. The minimum atomic E-state index is -0.272. The molecular formula is C15H13FN2O. The van der Waals surface area contributed by atoms with E-state index in [0.717, 1.165) is 16.6 Å². The summed E-state index contributed by atoms with van der Waals surface area (Å²) in [6, 6.07) is 13.7. The van der Waals surface area contributed by atoms with Gasteiger partial charge < -0.3 is 15.5 Å². The Morgan fingerprint density at radius 1 is 1.11 bits per heavy atom. The van der Waals surface area contributed by atoms with E-state index in [2.05, 4.69) is 4.98 Å². The quantitative estimate of drug-likeness (QED) is 0.705. The Morgan fingerprint density at radius 2 is 1.89 bits per heavy atom. The number of nitrogens with two attached hydrogens (primary N) is 1. The average molecular weight is 256 g/mol. The number of anilines is 1. The van der Waals surface area contributed by atoms with Crippen molar-refractivity contribution in [2.24, 2.45) is 0 Å². The molecule has 0 radical (unpaired) electrons. The van der Waals surface area contributed by atoms with Crippen LogP contribution < -0.4 is 10.5 Å². The molecule has 0 bridgehead atoms. The van der Waals surface area contributed by atoms with Crippen LogP contribution in [0.5, 0.6) is 5.75 Å². The van der Waals surface area contributed by atoms with Gasteiger partial charge in [0.25, 0.3) is 0 Å². The summed E-state index contributed by atoms with van der Waals surface area (Å²) in [6.07, 6.45) is 0. The smallest absolute Gasteiger partial charge is 0.128 e. The van der Waals surface area contributed by atoms with Gasteiger partial charge in [0.15, 0.2) is 0 Å². The van der Waals surface area contributed by atoms with Gasteiger partial charge >= 0.3 is 0 Å². The van der Waals surface area contributed by atoms with E-state index in [0.29, 0.717) is 18.0 Å². The summed E-state index contributed by atoms with van der Waals surface area (Å²) >= 11 is 0. The van der Waals surface area contributed by atoms with Crippen LogP contribution in [0.3, 0.4) is 0 Å². The van der Waals surface area contributed by atoms with Gasteiger partial charge in [0.2, 0.25) is 0 Å². The monoisotopic (exact) mass is 256 g/mol. The lowest BCUT2D eigenvalue weighted by Crippen LogP contribution is -1.95. The maximum Gasteiger partial charge on any atom is 0.128 e. The van der Waals surface area contributed by atoms with Crippen LogP contribution in [0.4, 0.5) is 10.1 Å². The number of halogens is 1. The number of para-hydroxylation sites is 1. The first-order valence-corrected chi connectivity index (χ1v) is 5.97. The van der Waals surface area contributed by atoms with Crippen LogP contribution in [0.2, 0.25) is 0 Å². The normalized spacial score (nSPS) is 10.8. The van der Waals surface area contributed by atoms with Crippen LogP contribution in [0.25, 0.3) is 10.9 Å². The molecule has 19 heavy (non-hydrogen) atoms. The van der Waals surface area contributed by atoms with Gasteiger partial charge in [-0.25, -0.2) is 4.39 Å². The third-order valence-corrected chi connectivity index (χ3v) is 2.95. The van der Waals surface area contributed by atoms with Crippen molar-refractivity contribution < 1.29 is 9.13 Å². The number of nitrogens with one attached hydrogen (secondary N) is 1. The zero-order valence-corrected chi connectivity index (χ0v) is 10.2. The molecule has 3 rings (SSSR count). The fourth-order valence-corrected chi connectivity index (χ4v) is 2.01. The highest BCUT2D eigenvalue weighted by atomic mass is 19.1. The second-order valence-corrected chi connectivity index (χ2v) is 4.35. The molecule has 0 aliphatic carbocycles. The summed E-state index contributed by atoms with van der Waals surface area (Å²) < 4.78 is 18.3. The Bertz CT molecular complexity index is 704. The molecule has 0 fully saturated rings. The van der Waals surface area contributed by atoms with Crippen LogP contribution in [0.1, 0.15) is 5.69 Å². The minimum absolute atomic E-state index is 0.272. The van der Waals surface area contributed by atoms with Gasteiger partial charge in [-0.2, -0.15) is 0 Å². The molecule has 1 aromatic heterocycles. The molecule has 0 spiro atoms. The molecule has 0 aliphatic heterocycles. The number of H-pyrrole nitrogens is 1. The minimum Gasteiger partial charge on any atom is -0.487 e. The molecule has 1 heterocycles. The maximum atomic E-state index is 12.8. The summed E-state index contributed by atoms with van der Waals surface area (Å²) in [4.78, 5) is 3.22. The number of rotatable bonds is 3. The standard InChI is InChI=1S/C15H13FN2O/c16-11-4-6-13(7-5-11)19-9-12-8-10-2-1-3-14(17)15(10)18-12/h1-8,18H,9,17H2. The van der Waals surface area contributed by atoms with Crippen LogP contribution in [-0.4, -0.2) is 4.98 Å². The number of benzene rings is 2. The van der Waals surface area contributed by atoms with E-state index in [1.54, 1.807) is 12.1 Å². The average Bonchev–Trinajstić information content (AvgIpc) is 2.83. The van der Waals surface area contributed by atoms with E-state index in [4.69, 9.17) is 10.5 Å². The summed E-state index contributed by atoms with van der Waals surface area (Å²) in [5, 5.41) is 1.05. The number of ether oxygens (including phenoxy) is 1. The number of aromatic nitrogens is 1. The van der Waals surface area contributed by atoms with Crippen LogP contribution in [0, 0.1) is 5.82 Å². The predicted octanol–water partition coefficient (Wildman–Crippen LogP) is 3.47. The Labute approximate surface area is 109 Å². The Balaban J connectivity index is 1.78. The van der Waals surface area contributed by atoms with Crippen molar-refractivity contribution in [3.8, 4) is 5.75 Å². The molecule has 2 aromatic carbocycles. The van der Waals surface area contributed by atoms with E-state index >= 15 is 0 Å². The van der Waals surface area contributed by atoms with Crippen molar-refractivity contribution in [1.82, 2.24) is 4.98 Å². The number of nitrogen functional groups attached to an aromatic ring is 1. The zero-order chi connectivity index (χ0) is 13.2. The highest BCUT2D eigenvalue weighted by Gasteiger charge is 2.04. The Hall–Kier alpha value is -2.49. The topological polar surface area (TPSA) is 51.0 Å². The number of hydrogen-bond acceptors (Lipinski definition) is 2. The second-order valence-electron chi connectivity index (χ2n) is 4.35.